The summed E-state index contributed by atoms with van der Waals surface area (Å²) in [7, 11) is 0. The largest absolute Gasteiger partial charge is 0.454 e. The molecule has 2 aromatic carbocycles. The third-order valence-corrected chi connectivity index (χ3v) is 5.81. The van der Waals surface area contributed by atoms with Crippen LogP contribution in [0.2, 0.25) is 0 Å². The average Bonchev–Trinajstić information content (AvgIpc) is 3.07. The Morgan fingerprint density at radius 3 is 2.17 bits per heavy atom. The van der Waals surface area contributed by atoms with Crippen molar-refractivity contribution in [2.45, 2.75) is 13.8 Å². The summed E-state index contributed by atoms with van der Waals surface area (Å²) in [6.07, 6.45) is 0. The molecule has 0 saturated carbocycles. The van der Waals surface area contributed by atoms with Crippen molar-refractivity contribution >= 4 is 34.7 Å². The zero-order valence-electron chi connectivity index (χ0n) is 15.8. The number of Topliss-reactive ketones (excluding diaryl/α,β-unsaturated/α-hetero) is 1. The van der Waals surface area contributed by atoms with E-state index in [1.807, 2.05) is 13.8 Å². The van der Waals surface area contributed by atoms with E-state index in [9.17, 15) is 19.2 Å². The third-order valence-electron chi connectivity index (χ3n) is 4.85. The molecular weight excluding hydrogens is 388 g/mol. The molecule has 0 saturated heterocycles. The Balaban J connectivity index is 1.63. The number of carbonyl (C=O) groups excluding carboxylic acids is 4. The SMILES string of the molecule is Cc1cc(C(=O)COC(=O)c2cccc3c2C(=O)c2ccccc2C3=O)c(C)s1. The van der Waals surface area contributed by atoms with Crippen molar-refractivity contribution in [3.05, 3.63) is 91.7 Å². The van der Waals surface area contributed by atoms with Gasteiger partial charge in [0.1, 0.15) is 0 Å². The molecule has 29 heavy (non-hydrogen) atoms. The number of hydrogen-bond donors (Lipinski definition) is 0. The Morgan fingerprint density at radius 1 is 0.862 bits per heavy atom. The van der Waals surface area contributed by atoms with Crippen molar-refractivity contribution in [1.82, 2.24) is 0 Å². The summed E-state index contributed by atoms with van der Waals surface area (Å²) in [6, 6.07) is 12.8. The van der Waals surface area contributed by atoms with E-state index in [1.54, 1.807) is 30.3 Å². The second-order valence-corrected chi connectivity index (χ2v) is 8.22. The molecule has 0 amide bonds. The summed E-state index contributed by atoms with van der Waals surface area (Å²) in [5.41, 5.74) is 1.27. The summed E-state index contributed by atoms with van der Waals surface area (Å²) in [4.78, 5) is 52.6. The summed E-state index contributed by atoms with van der Waals surface area (Å²) in [5, 5.41) is 0. The first-order valence-electron chi connectivity index (χ1n) is 8.97. The molecule has 0 aliphatic heterocycles. The second-order valence-electron chi connectivity index (χ2n) is 6.76. The van der Waals surface area contributed by atoms with E-state index >= 15 is 0 Å². The Bertz CT molecular complexity index is 1200. The molecule has 6 heteroatoms. The highest BCUT2D eigenvalue weighted by Crippen LogP contribution is 2.30. The Kier molecular flexibility index (Phi) is 4.72. The average molecular weight is 404 g/mol. The van der Waals surface area contributed by atoms with Gasteiger partial charge in [0, 0.05) is 37.6 Å². The van der Waals surface area contributed by atoms with Crippen LogP contribution in [-0.2, 0) is 4.74 Å². The summed E-state index contributed by atoms with van der Waals surface area (Å²) in [5.74, 6) is -1.83. The van der Waals surface area contributed by atoms with Gasteiger partial charge in [-0.1, -0.05) is 36.4 Å². The summed E-state index contributed by atoms with van der Waals surface area (Å²) < 4.78 is 5.20. The number of ketones is 3. The maximum atomic E-state index is 13.0. The first-order valence-corrected chi connectivity index (χ1v) is 9.79. The first-order chi connectivity index (χ1) is 13.9. The zero-order valence-corrected chi connectivity index (χ0v) is 16.6. The molecule has 0 spiro atoms. The molecule has 3 aromatic rings. The molecule has 0 bridgehead atoms. The fraction of sp³-hybridized carbons (Fsp3) is 0.130. The minimum atomic E-state index is -0.805. The summed E-state index contributed by atoms with van der Waals surface area (Å²) in [6.45, 7) is 3.30. The van der Waals surface area contributed by atoms with Gasteiger partial charge in [-0.3, -0.25) is 14.4 Å². The highest BCUT2D eigenvalue weighted by molar-refractivity contribution is 7.12. The number of benzene rings is 2. The van der Waals surface area contributed by atoms with Crippen LogP contribution < -0.4 is 0 Å². The lowest BCUT2D eigenvalue weighted by molar-refractivity contribution is 0.0472. The maximum Gasteiger partial charge on any atom is 0.339 e. The smallest absolute Gasteiger partial charge is 0.339 e. The van der Waals surface area contributed by atoms with Crippen LogP contribution in [0.3, 0.4) is 0 Å². The molecule has 1 aromatic heterocycles. The Morgan fingerprint density at radius 2 is 1.52 bits per heavy atom. The normalized spacial score (nSPS) is 12.3. The molecule has 1 heterocycles. The number of aryl methyl sites for hydroxylation is 2. The number of fused-ring (bicyclic) bond motifs is 2. The molecule has 0 unspecified atom stereocenters. The van der Waals surface area contributed by atoms with E-state index in [1.165, 1.54) is 29.5 Å². The fourth-order valence-electron chi connectivity index (χ4n) is 3.51. The molecule has 4 rings (SSSR count). The minimum Gasteiger partial charge on any atom is -0.454 e. The monoisotopic (exact) mass is 404 g/mol. The molecular formula is C23H16O5S. The number of rotatable bonds is 4. The molecule has 0 fully saturated rings. The Hall–Kier alpha value is -3.38. The first kappa shape index (κ1) is 19.0. The van der Waals surface area contributed by atoms with Crippen molar-refractivity contribution in [1.29, 1.82) is 0 Å². The van der Waals surface area contributed by atoms with E-state index in [2.05, 4.69) is 0 Å². The van der Waals surface area contributed by atoms with Gasteiger partial charge in [-0.2, -0.15) is 0 Å². The van der Waals surface area contributed by atoms with Crippen LogP contribution in [0.25, 0.3) is 0 Å². The number of hydrogen-bond acceptors (Lipinski definition) is 6. The van der Waals surface area contributed by atoms with Gasteiger partial charge in [0.25, 0.3) is 0 Å². The van der Waals surface area contributed by atoms with Gasteiger partial charge in [0.2, 0.25) is 5.78 Å². The second kappa shape index (κ2) is 7.22. The lowest BCUT2D eigenvalue weighted by Gasteiger charge is -2.19. The lowest BCUT2D eigenvalue weighted by atomic mass is 9.82. The minimum absolute atomic E-state index is 0.0126. The van der Waals surface area contributed by atoms with Crippen LogP contribution in [-0.4, -0.2) is 29.9 Å². The van der Waals surface area contributed by atoms with Crippen molar-refractivity contribution in [2.75, 3.05) is 6.61 Å². The van der Waals surface area contributed by atoms with Gasteiger partial charge < -0.3 is 4.74 Å². The van der Waals surface area contributed by atoms with E-state index in [0.717, 1.165) is 9.75 Å². The summed E-state index contributed by atoms with van der Waals surface area (Å²) >= 11 is 1.50. The van der Waals surface area contributed by atoms with E-state index in [4.69, 9.17) is 4.74 Å². The van der Waals surface area contributed by atoms with Crippen molar-refractivity contribution in [3.63, 3.8) is 0 Å². The Labute approximate surface area is 170 Å². The molecule has 144 valence electrons. The highest BCUT2D eigenvalue weighted by Gasteiger charge is 2.33. The number of thiophene rings is 1. The highest BCUT2D eigenvalue weighted by atomic mass is 32.1. The van der Waals surface area contributed by atoms with E-state index in [0.29, 0.717) is 11.1 Å². The van der Waals surface area contributed by atoms with Crippen LogP contribution >= 0.6 is 11.3 Å². The van der Waals surface area contributed by atoms with Gasteiger partial charge in [-0.05, 0) is 26.0 Å². The standard InChI is InChI=1S/C23H16O5S/c1-12-10-18(13(2)29-12)19(24)11-28-23(27)17-9-5-8-16-20(17)22(26)15-7-4-3-6-14(15)21(16)25/h3-10H,11H2,1-2H3. The van der Waals surface area contributed by atoms with E-state index in [-0.39, 0.29) is 33.8 Å². The fourth-order valence-corrected chi connectivity index (χ4v) is 4.45. The van der Waals surface area contributed by atoms with Gasteiger partial charge in [0.15, 0.2) is 18.2 Å². The van der Waals surface area contributed by atoms with Crippen LogP contribution in [0.5, 0.6) is 0 Å². The molecule has 5 nitrogen and oxygen atoms in total. The molecule has 0 atom stereocenters. The van der Waals surface area contributed by atoms with Gasteiger partial charge in [-0.25, -0.2) is 4.79 Å². The predicted octanol–water partition coefficient (Wildman–Crippen LogP) is 4.18. The quantitative estimate of drug-likeness (QED) is 0.377. The van der Waals surface area contributed by atoms with Crippen molar-refractivity contribution in [2.24, 2.45) is 0 Å². The van der Waals surface area contributed by atoms with Crippen LogP contribution in [0.1, 0.15) is 62.3 Å². The topological polar surface area (TPSA) is 77.5 Å². The number of esters is 1. The van der Waals surface area contributed by atoms with Crippen LogP contribution in [0, 0.1) is 13.8 Å². The molecule has 1 aliphatic rings. The van der Waals surface area contributed by atoms with Crippen molar-refractivity contribution < 1.29 is 23.9 Å². The predicted molar refractivity (Wildman–Crippen MR) is 108 cm³/mol. The van der Waals surface area contributed by atoms with Crippen LogP contribution in [0.4, 0.5) is 0 Å². The van der Waals surface area contributed by atoms with Crippen molar-refractivity contribution in [3.8, 4) is 0 Å². The zero-order chi connectivity index (χ0) is 20.7. The lowest BCUT2D eigenvalue weighted by Crippen LogP contribution is -2.25. The molecule has 0 radical (unpaired) electrons. The number of carbonyl (C=O) groups is 4. The van der Waals surface area contributed by atoms with E-state index < -0.39 is 18.4 Å². The maximum absolute atomic E-state index is 13.0. The van der Waals surface area contributed by atoms with Gasteiger partial charge in [0.05, 0.1) is 5.56 Å². The number of ether oxygens (including phenoxy) is 1. The third kappa shape index (κ3) is 3.21. The molecule has 1 aliphatic carbocycles. The van der Waals surface area contributed by atoms with Gasteiger partial charge in [-0.15, -0.1) is 11.3 Å². The van der Waals surface area contributed by atoms with Gasteiger partial charge >= 0.3 is 5.97 Å². The van der Waals surface area contributed by atoms with Crippen LogP contribution in [0.15, 0.2) is 48.5 Å². The molecule has 0 N–H and O–H groups in total.